The van der Waals surface area contributed by atoms with Crippen LogP contribution in [0.5, 0.6) is 0 Å². The summed E-state index contributed by atoms with van der Waals surface area (Å²) in [5, 5.41) is 1.06. The summed E-state index contributed by atoms with van der Waals surface area (Å²) in [6.07, 6.45) is 1.91. The number of fused-ring (bicyclic) bond motifs is 5. The smallest absolute Gasteiger partial charge is 0.163 e. The summed E-state index contributed by atoms with van der Waals surface area (Å²) in [5.41, 5.74) is 4.93. The van der Waals surface area contributed by atoms with E-state index in [1.54, 1.807) is 0 Å². The first-order chi connectivity index (χ1) is 10.9. The summed E-state index contributed by atoms with van der Waals surface area (Å²) >= 11 is 0. The molecule has 0 unspecified atom stereocenters. The zero-order valence-corrected chi connectivity index (χ0v) is 11.7. The topological polar surface area (TPSA) is 46.0 Å². The minimum atomic E-state index is 0.882. The average molecular weight is 284 g/mol. The Kier molecular flexibility index (Phi) is 2.19. The van der Waals surface area contributed by atoms with Gasteiger partial charge in [-0.2, -0.15) is 0 Å². The minimum absolute atomic E-state index is 0.882. The molecule has 5 aromatic rings. The van der Waals surface area contributed by atoms with Gasteiger partial charge in [-0.05, 0) is 36.4 Å². The molecule has 4 heteroatoms. The maximum absolute atomic E-state index is 4.86. The molecule has 0 atom stereocenters. The van der Waals surface area contributed by atoms with Crippen molar-refractivity contribution in [1.82, 2.24) is 19.4 Å². The quantitative estimate of drug-likeness (QED) is 0.505. The van der Waals surface area contributed by atoms with Crippen LogP contribution in [0.15, 0.2) is 66.9 Å². The number of H-pyrrole nitrogens is 1. The molecule has 0 amide bonds. The van der Waals surface area contributed by atoms with Gasteiger partial charge >= 0.3 is 0 Å². The number of hydrogen-bond acceptors (Lipinski definition) is 2. The number of nitrogens with zero attached hydrogens (tertiary/aromatic N) is 3. The number of aromatic amines is 1. The van der Waals surface area contributed by atoms with Gasteiger partial charge in [0, 0.05) is 11.6 Å². The maximum atomic E-state index is 4.86. The predicted molar refractivity (Wildman–Crippen MR) is 87.8 cm³/mol. The van der Waals surface area contributed by atoms with Crippen LogP contribution in [0.25, 0.3) is 39.1 Å². The molecule has 104 valence electrons. The second-order valence-corrected chi connectivity index (χ2v) is 5.30. The van der Waals surface area contributed by atoms with Crippen LogP contribution in [-0.2, 0) is 0 Å². The fourth-order valence-electron chi connectivity index (χ4n) is 3.00. The number of imidazole rings is 1. The average Bonchev–Trinajstić information content (AvgIpc) is 3.22. The number of nitrogens with one attached hydrogen (secondary N) is 1. The third kappa shape index (κ3) is 1.46. The predicted octanol–water partition coefficient (Wildman–Crippen LogP) is 4.03. The van der Waals surface area contributed by atoms with Crippen molar-refractivity contribution in [2.45, 2.75) is 0 Å². The highest BCUT2D eigenvalue weighted by Gasteiger charge is 2.14. The van der Waals surface area contributed by atoms with Gasteiger partial charge in [-0.25, -0.2) is 9.97 Å². The van der Waals surface area contributed by atoms with E-state index >= 15 is 0 Å². The Labute approximate surface area is 126 Å². The number of aromatic nitrogens is 4. The van der Waals surface area contributed by atoms with E-state index < -0.39 is 0 Å². The first kappa shape index (κ1) is 11.5. The largest absolute Gasteiger partial charge is 0.359 e. The summed E-state index contributed by atoms with van der Waals surface area (Å²) in [4.78, 5) is 12.9. The zero-order chi connectivity index (χ0) is 14.5. The molecule has 1 N–H and O–H groups in total. The van der Waals surface area contributed by atoms with Gasteiger partial charge in [-0.3, -0.25) is 4.40 Å². The van der Waals surface area contributed by atoms with Gasteiger partial charge in [-0.1, -0.05) is 24.3 Å². The highest BCUT2D eigenvalue weighted by Crippen LogP contribution is 2.28. The number of benzene rings is 2. The molecule has 0 spiro atoms. The summed E-state index contributed by atoms with van der Waals surface area (Å²) in [6, 6.07) is 20.3. The summed E-state index contributed by atoms with van der Waals surface area (Å²) in [5.74, 6) is 0.882. The van der Waals surface area contributed by atoms with Gasteiger partial charge < -0.3 is 4.98 Å². The molecule has 0 aliphatic carbocycles. The van der Waals surface area contributed by atoms with E-state index in [0.717, 1.165) is 39.1 Å². The van der Waals surface area contributed by atoms with Gasteiger partial charge in [0.2, 0.25) is 0 Å². The Morgan fingerprint density at radius 1 is 0.773 bits per heavy atom. The minimum Gasteiger partial charge on any atom is -0.359 e. The van der Waals surface area contributed by atoms with E-state index in [1.165, 1.54) is 0 Å². The maximum Gasteiger partial charge on any atom is 0.163 e. The van der Waals surface area contributed by atoms with Gasteiger partial charge in [0.25, 0.3) is 0 Å². The first-order valence-corrected chi connectivity index (χ1v) is 7.21. The molecule has 0 aliphatic rings. The second kappa shape index (κ2) is 4.18. The lowest BCUT2D eigenvalue weighted by atomic mass is 10.2. The van der Waals surface area contributed by atoms with Gasteiger partial charge in [0.15, 0.2) is 5.82 Å². The third-order valence-corrected chi connectivity index (χ3v) is 3.98. The fourth-order valence-corrected chi connectivity index (χ4v) is 3.00. The van der Waals surface area contributed by atoms with Crippen LogP contribution in [0, 0.1) is 0 Å². The Balaban J connectivity index is 2.09. The summed E-state index contributed by atoms with van der Waals surface area (Å²) in [6.45, 7) is 0. The van der Waals surface area contributed by atoms with Crippen molar-refractivity contribution in [2.24, 2.45) is 0 Å². The van der Waals surface area contributed by atoms with E-state index in [9.17, 15) is 0 Å². The molecule has 2 aromatic carbocycles. The van der Waals surface area contributed by atoms with Gasteiger partial charge in [0.1, 0.15) is 5.65 Å². The molecule has 0 fully saturated rings. The highest BCUT2D eigenvalue weighted by molar-refractivity contribution is 5.98. The lowest BCUT2D eigenvalue weighted by Gasteiger charge is -2.07. The van der Waals surface area contributed by atoms with E-state index in [0.29, 0.717) is 0 Å². The van der Waals surface area contributed by atoms with Crippen molar-refractivity contribution in [3.63, 3.8) is 0 Å². The van der Waals surface area contributed by atoms with Crippen LogP contribution >= 0.6 is 0 Å². The summed E-state index contributed by atoms with van der Waals surface area (Å²) < 4.78 is 2.13. The molecule has 22 heavy (non-hydrogen) atoms. The molecule has 3 heterocycles. The monoisotopic (exact) mass is 284 g/mol. The summed E-state index contributed by atoms with van der Waals surface area (Å²) in [7, 11) is 0. The Bertz CT molecular complexity index is 1120. The Morgan fingerprint density at radius 2 is 1.59 bits per heavy atom. The normalized spacial score (nSPS) is 11.6. The van der Waals surface area contributed by atoms with E-state index in [2.05, 4.69) is 21.5 Å². The lowest BCUT2D eigenvalue weighted by Crippen LogP contribution is -1.97. The van der Waals surface area contributed by atoms with Crippen LogP contribution in [0.1, 0.15) is 0 Å². The molecule has 3 aromatic heterocycles. The Hall–Kier alpha value is -3.14. The van der Waals surface area contributed by atoms with Gasteiger partial charge in [-0.15, -0.1) is 0 Å². The van der Waals surface area contributed by atoms with Crippen molar-refractivity contribution in [3.8, 4) is 11.5 Å². The molecule has 5 rings (SSSR count). The zero-order valence-electron chi connectivity index (χ0n) is 11.7. The molecule has 0 aliphatic heterocycles. The van der Waals surface area contributed by atoms with Crippen LogP contribution in [-0.4, -0.2) is 19.4 Å². The Morgan fingerprint density at radius 3 is 2.45 bits per heavy atom. The molecule has 0 radical (unpaired) electrons. The fraction of sp³-hybridized carbons (Fsp3) is 0. The molecule has 0 bridgehead atoms. The molecule has 4 nitrogen and oxygen atoms in total. The van der Waals surface area contributed by atoms with E-state index in [-0.39, 0.29) is 0 Å². The lowest BCUT2D eigenvalue weighted by molar-refractivity contribution is 1.14. The van der Waals surface area contributed by atoms with Crippen LogP contribution in [0.3, 0.4) is 0 Å². The van der Waals surface area contributed by atoms with Crippen molar-refractivity contribution in [3.05, 3.63) is 66.9 Å². The van der Waals surface area contributed by atoms with Crippen LogP contribution in [0.4, 0.5) is 0 Å². The number of para-hydroxylation sites is 3. The van der Waals surface area contributed by atoms with Crippen molar-refractivity contribution >= 4 is 27.6 Å². The highest BCUT2D eigenvalue weighted by atomic mass is 15.1. The third-order valence-electron chi connectivity index (χ3n) is 3.98. The number of hydrogen-bond donors (Lipinski definition) is 1. The number of rotatable bonds is 1. The molecular formula is C18H12N4. The van der Waals surface area contributed by atoms with Crippen molar-refractivity contribution in [1.29, 1.82) is 0 Å². The van der Waals surface area contributed by atoms with E-state index in [1.807, 2.05) is 54.7 Å². The van der Waals surface area contributed by atoms with Crippen LogP contribution in [0.2, 0.25) is 0 Å². The van der Waals surface area contributed by atoms with Crippen molar-refractivity contribution < 1.29 is 0 Å². The van der Waals surface area contributed by atoms with Crippen LogP contribution < -0.4 is 0 Å². The second-order valence-electron chi connectivity index (χ2n) is 5.30. The molecular weight excluding hydrogens is 272 g/mol. The molecule has 0 saturated carbocycles. The van der Waals surface area contributed by atoms with E-state index in [4.69, 9.17) is 9.97 Å². The standard InChI is InChI=1S/C18H12N4/c1-2-7-13-12(6-1)17-21-14-8-3-4-10-16(14)22(17)18(20-13)15-9-5-11-19-15/h1-11,19H. The van der Waals surface area contributed by atoms with Gasteiger partial charge in [0.05, 0.1) is 22.2 Å². The van der Waals surface area contributed by atoms with Crippen molar-refractivity contribution in [2.75, 3.05) is 0 Å². The SMILES string of the molecule is c1c[nH]c(-c2nc3ccccc3c3nc4ccccc4n23)c1. The molecule has 0 saturated heterocycles. The first-order valence-electron chi connectivity index (χ1n) is 7.21.